The number of piperidine rings is 2. The molecule has 2 saturated heterocycles. The van der Waals surface area contributed by atoms with E-state index in [9.17, 15) is 34.0 Å². The van der Waals surface area contributed by atoms with E-state index < -0.39 is 35.8 Å². The number of amides is 6. The van der Waals surface area contributed by atoms with Crippen LogP contribution in [0.1, 0.15) is 64.6 Å². The molecule has 0 saturated carbocycles. The Morgan fingerprint density at radius 1 is 0.861 bits per heavy atom. The SMILES string of the molecule is N#CC(=CCCc1cn(CCOCCOCCOCCOC(=O)NCCOc2cccc3c2C(=O)N(C2CCC(=O)NC2=O)C3=O)nn1)C(=O)N1CCCC(n2nc(-c3ccc(Oc4ccccc4)cc3)c3c(N)ncnc32)C1. The highest BCUT2D eigenvalue weighted by Gasteiger charge is 2.46. The molecule has 25 heteroatoms. The van der Waals surface area contributed by atoms with E-state index in [4.69, 9.17) is 39.3 Å². The van der Waals surface area contributed by atoms with Crippen LogP contribution in [0.4, 0.5) is 10.6 Å². The minimum Gasteiger partial charge on any atom is -0.491 e. The fourth-order valence-corrected chi connectivity index (χ4v) is 9.24. The number of carbonyl (C=O) groups excluding carboxylic acids is 6. The summed E-state index contributed by atoms with van der Waals surface area (Å²) in [4.78, 5) is 87.4. The van der Waals surface area contributed by atoms with Crippen molar-refractivity contribution >= 4 is 52.5 Å². The molecule has 0 bridgehead atoms. The number of ether oxygens (including phenoxy) is 6. The summed E-state index contributed by atoms with van der Waals surface area (Å²) in [6.45, 7) is 3.00. The molecule has 25 nitrogen and oxygen atoms in total. The number of anilines is 1. The molecular formula is C54H57N13O12. The first-order valence-electron chi connectivity index (χ1n) is 25.8. The lowest BCUT2D eigenvalue weighted by Crippen LogP contribution is -2.54. The number of benzene rings is 3. The number of likely N-dealkylation sites (tertiary alicyclic amines) is 1. The van der Waals surface area contributed by atoms with Crippen molar-refractivity contribution in [2.24, 2.45) is 0 Å². The Bertz CT molecular complexity index is 3250. The van der Waals surface area contributed by atoms with Gasteiger partial charge in [-0.3, -0.25) is 34.2 Å². The molecule has 3 aliphatic rings. The van der Waals surface area contributed by atoms with E-state index in [1.54, 1.807) is 27.9 Å². The quantitative estimate of drug-likeness (QED) is 0.0316. The number of aromatic nitrogens is 7. The Kier molecular flexibility index (Phi) is 18.2. The maximum Gasteiger partial charge on any atom is 0.407 e. The summed E-state index contributed by atoms with van der Waals surface area (Å²) in [6, 6.07) is 22.3. The standard InChI is InChI=1S/C54H57N13O12/c55-31-36(51(70)64-21-6-9-38(33-64)67-49-46(48(56)58-34-59-49)47(62-67)35-14-16-40(17-15-35)79-39-10-2-1-3-11-39)7-4-8-37-32-65(63-61-37)22-24-74-25-26-75-27-28-76-29-30-78-54(73)57-20-23-77-43-13-5-12-41-45(43)53(72)66(52(41)71)42-18-19-44(68)60-50(42)69/h1-3,5,7,10-17,32,34,38,42H,4,6,8-9,18-30,33H2,(H,57,73)(H2,56,58,59)(H,60,68,69). The molecule has 3 aromatic heterocycles. The predicted molar refractivity (Wildman–Crippen MR) is 279 cm³/mol. The van der Waals surface area contributed by atoms with Crippen LogP contribution in [0, 0.1) is 11.3 Å². The molecule has 410 valence electrons. The third kappa shape index (κ3) is 13.5. The Hall–Kier alpha value is -9.12. The van der Waals surface area contributed by atoms with E-state index >= 15 is 0 Å². The Morgan fingerprint density at radius 3 is 2.39 bits per heavy atom. The number of rotatable bonds is 25. The second-order valence-electron chi connectivity index (χ2n) is 18.4. The summed E-state index contributed by atoms with van der Waals surface area (Å²) in [5.74, 6) is -1.06. The van der Waals surface area contributed by atoms with Crippen LogP contribution < -0.4 is 25.8 Å². The van der Waals surface area contributed by atoms with Crippen molar-refractivity contribution in [2.45, 2.75) is 57.2 Å². The number of alkyl carbamates (subject to hydrolysis) is 1. The second-order valence-corrected chi connectivity index (χ2v) is 18.4. The summed E-state index contributed by atoms with van der Waals surface area (Å²) in [7, 11) is 0. The first-order chi connectivity index (χ1) is 38.6. The molecule has 6 amide bonds. The van der Waals surface area contributed by atoms with Gasteiger partial charge in [-0.15, -0.1) is 5.10 Å². The van der Waals surface area contributed by atoms with Gasteiger partial charge in [-0.1, -0.05) is 35.6 Å². The topological polar surface area (TPSA) is 312 Å². The Balaban J connectivity index is 0.617. The number of nitrogens with zero attached hydrogens (tertiary/aromatic N) is 10. The van der Waals surface area contributed by atoms with Gasteiger partial charge in [0.15, 0.2) is 5.65 Å². The van der Waals surface area contributed by atoms with Crippen molar-refractivity contribution < 1.29 is 57.2 Å². The smallest absolute Gasteiger partial charge is 0.407 e. The van der Waals surface area contributed by atoms with Gasteiger partial charge >= 0.3 is 6.09 Å². The maximum absolute atomic E-state index is 13.7. The van der Waals surface area contributed by atoms with E-state index in [1.165, 1.54) is 18.5 Å². The summed E-state index contributed by atoms with van der Waals surface area (Å²) >= 11 is 0. The van der Waals surface area contributed by atoms with E-state index in [1.807, 2.05) is 59.3 Å². The monoisotopic (exact) mass is 1080 g/mol. The van der Waals surface area contributed by atoms with E-state index in [-0.39, 0.29) is 80.2 Å². The third-order valence-electron chi connectivity index (χ3n) is 13.1. The van der Waals surface area contributed by atoms with Crippen LogP contribution >= 0.6 is 0 Å². The summed E-state index contributed by atoms with van der Waals surface area (Å²) in [6.07, 6.45) is 6.52. The van der Waals surface area contributed by atoms with Crippen LogP contribution in [0.2, 0.25) is 0 Å². The average molecular weight is 1080 g/mol. The molecule has 6 heterocycles. The van der Waals surface area contributed by atoms with Gasteiger partial charge in [-0.2, -0.15) is 10.4 Å². The van der Waals surface area contributed by atoms with Gasteiger partial charge in [0, 0.05) is 31.3 Å². The Labute approximate surface area is 452 Å². The number of fused-ring (bicyclic) bond motifs is 2. The Morgan fingerprint density at radius 2 is 1.62 bits per heavy atom. The number of para-hydroxylation sites is 1. The lowest BCUT2D eigenvalue weighted by atomic mass is 10.0. The highest BCUT2D eigenvalue weighted by Crippen LogP contribution is 2.36. The zero-order valence-corrected chi connectivity index (χ0v) is 43.0. The van der Waals surface area contributed by atoms with Gasteiger partial charge in [0.1, 0.15) is 66.0 Å². The summed E-state index contributed by atoms with van der Waals surface area (Å²) < 4.78 is 37.0. The van der Waals surface area contributed by atoms with Crippen LogP contribution in [0.15, 0.2) is 97.0 Å². The van der Waals surface area contributed by atoms with Crippen LogP contribution in [0.25, 0.3) is 22.3 Å². The van der Waals surface area contributed by atoms with Crippen LogP contribution in [-0.4, -0.2) is 159 Å². The number of carbonyl (C=O) groups is 6. The minimum absolute atomic E-state index is 0.00603. The maximum atomic E-state index is 13.7. The lowest BCUT2D eigenvalue weighted by Gasteiger charge is -2.32. The average Bonchev–Trinajstić information content (AvgIpc) is 4.38. The molecule has 2 atom stereocenters. The number of nitrogen functional groups attached to an aromatic ring is 1. The first kappa shape index (κ1) is 54.7. The number of nitrogens with one attached hydrogen (secondary N) is 2. The van der Waals surface area contributed by atoms with Crippen LogP contribution in [0.5, 0.6) is 17.2 Å². The van der Waals surface area contributed by atoms with Gasteiger partial charge in [-0.25, -0.2) is 24.1 Å². The zero-order valence-electron chi connectivity index (χ0n) is 43.0. The number of aryl methyl sites for hydroxylation is 1. The third-order valence-corrected chi connectivity index (χ3v) is 13.1. The van der Waals surface area contributed by atoms with Crippen molar-refractivity contribution in [2.75, 3.05) is 78.2 Å². The number of imide groups is 2. The largest absolute Gasteiger partial charge is 0.491 e. The van der Waals surface area contributed by atoms with Crippen molar-refractivity contribution in [3.8, 4) is 34.6 Å². The number of nitrogens with two attached hydrogens (primary N) is 1. The molecule has 6 aromatic rings. The van der Waals surface area contributed by atoms with Crippen molar-refractivity contribution in [1.29, 1.82) is 5.26 Å². The predicted octanol–water partition coefficient (Wildman–Crippen LogP) is 3.96. The molecule has 3 aliphatic heterocycles. The first-order valence-corrected chi connectivity index (χ1v) is 25.8. The van der Waals surface area contributed by atoms with E-state index in [0.717, 1.165) is 22.6 Å². The zero-order chi connectivity index (χ0) is 55.1. The summed E-state index contributed by atoms with van der Waals surface area (Å²) in [5.41, 5.74) is 9.25. The highest BCUT2D eigenvalue weighted by atomic mass is 16.6. The van der Waals surface area contributed by atoms with Gasteiger partial charge < -0.3 is 44.4 Å². The number of nitriles is 1. The van der Waals surface area contributed by atoms with Gasteiger partial charge in [0.25, 0.3) is 17.7 Å². The molecule has 0 spiro atoms. The lowest BCUT2D eigenvalue weighted by molar-refractivity contribution is -0.136. The van der Waals surface area contributed by atoms with Crippen molar-refractivity contribution in [1.82, 2.24) is 55.2 Å². The van der Waals surface area contributed by atoms with E-state index in [0.29, 0.717) is 99.3 Å². The van der Waals surface area contributed by atoms with Gasteiger partial charge in [-0.05, 0) is 80.6 Å². The molecule has 79 heavy (non-hydrogen) atoms. The molecule has 3 aromatic carbocycles. The molecule has 2 fully saturated rings. The van der Waals surface area contributed by atoms with Gasteiger partial charge in [0.2, 0.25) is 11.8 Å². The number of hydrogen-bond donors (Lipinski definition) is 3. The molecule has 2 unspecified atom stereocenters. The fraction of sp³-hybridized carbons (Fsp3) is 0.370. The molecule has 0 aliphatic carbocycles. The minimum atomic E-state index is -1.10. The fourth-order valence-electron chi connectivity index (χ4n) is 9.24. The van der Waals surface area contributed by atoms with Gasteiger partial charge in [0.05, 0.1) is 81.0 Å². The molecule has 0 radical (unpaired) electrons. The molecule has 4 N–H and O–H groups in total. The second kappa shape index (κ2) is 26.3. The normalized spacial score (nSPS) is 16.4. The van der Waals surface area contributed by atoms with E-state index in [2.05, 4.69) is 37.0 Å². The number of allylic oxidation sites excluding steroid dienone is 1. The molecular weight excluding hydrogens is 1020 g/mol. The van der Waals surface area contributed by atoms with Crippen LogP contribution in [0.3, 0.4) is 0 Å². The van der Waals surface area contributed by atoms with Crippen molar-refractivity contribution in [3.05, 3.63) is 114 Å². The van der Waals surface area contributed by atoms with Crippen molar-refractivity contribution in [3.63, 3.8) is 0 Å². The molecule has 9 rings (SSSR count). The van der Waals surface area contributed by atoms with Crippen LogP contribution in [-0.2, 0) is 46.3 Å². The number of hydrogen-bond acceptors (Lipinski definition) is 19. The summed E-state index contributed by atoms with van der Waals surface area (Å²) in [5, 5.41) is 28.8. The highest BCUT2D eigenvalue weighted by molar-refractivity contribution is 6.24.